The third kappa shape index (κ3) is 4.11. The molecule has 94 valence electrons. The highest BCUT2D eigenvalue weighted by Crippen LogP contribution is 2.18. The number of hydrogen-bond donors (Lipinski definition) is 0. The zero-order valence-electron chi connectivity index (χ0n) is 11.0. The lowest BCUT2D eigenvalue weighted by molar-refractivity contribution is 1.40. The van der Waals surface area contributed by atoms with Crippen molar-refractivity contribution in [1.29, 1.82) is 0 Å². The number of hydrogen-bond acceptors (Lipinski definition) is 0. The Morgan fingerprint density at radius 3 is 2.16 bits per heavy atom. The first kappa shape index (κ1) is 13.1. The Balaban J connectivity index is 2.18. The molecule has 0 bridgehead atoms. The van der Waals surface area contributed by atoms with Gasteiger partial charge in [-0.05, 0) is 23.1 Å². The Kier molecular flexibility index (Phi) is 4.95. The lowest BCUT2D eigenvalue weighted by Gasteiger charge is -2.03. The van der Waals surface area contributed by atoms with Gasteiger partial charge < -0.3 is 0 Å². The normalized spacial score (nSPS) is 11.7. The summed E-state index contributed by atoms with van der Waals surface area (Å²) >= 11 is 0. The van der Waals surface area contributed by atoms with Crippen LogP contribution in [0.5, 0.6) is 0 Å². The first-order valence-electron chi connectivity index (χ1n) is 6.49. The summed E-state index contributed by atoms with van der Waals surface area (Å²) in [7, 11) is 0. The second-order valence-electron chi connectivity index (χ2n) is 4.32. The SMILES string of the molecule is C=CCC(=CC=Cc1ccccc1)c1ccccc1. The third-order valence-electron chi connectivity index (χ3n) is 2.89. The average Bonchev–Trinajstić information content (AvgIpc) is 2.48. The Morgan fingerprint density at radius 1 is 0.895 bits per heavy atom. The summed E-state index contributed by atoms with van der Waals surface area (Å²) in [5.41, 5.74) is 3.74. The molecule has 0 aliphatic heterocycles. The largest absolute Gasteiger partial charge is 0.103 e. The summed E-state index contributed by atoms with van der Waals surface area (Å²) in [6, 6.07) is 20.7. The van der Waals surface area contributed by atoms with Crippen LogP contribution >= 0.6 is 0 Å². The lowest BCUT2D eigenvalue weighted by Crippen LogP contribution is -1.81. The fraction of sp³-hybridized carbons (Fsp3) is 0.0526. The van der Waals surface area contributed by atoms with E-state index < -0.39 is 0 Å². The van der Waals surface area contributed by atoms with Crippen LogP contribution in [-0.2, 0) is 0 Å². The fourth-order valence-electron chi connectivity index (χ4n) is 1.93. The second kappa shape index (κ2) is 7.17. The molecule has 0 heteroatoms. The van der Waals surface area contributed by atoms with E-state index in [1.54, 1.807) is 0 Å². The summed E-state index contributed by atoms with van der Waals surface area (Å²) in [4.78, 5) is 0. The van der Waals surface area contributed by atoms with Crippen LogP contribution in [-0.4, -0.2) is 0 Å². The van der Waals surface area contributed by atoms with Gasteiger partial charge in [0.25, 0.3) is 0 Å². The van der Waals surface area contributed by atoms with Gasteiger partial charge in [-0.3, -0.25) is 0 Å². The minimum absolute atomic E-state index is 0.878. The molecule has 0 radical (unpaired) electrons. The van der Waals surface area contributed by atoms with E-state index in [-0.39, 0.29) is 0 Å². The number of benzene rings is 2. The number of rotatable bonds is 5. The second-order valence-corrected chi connectivity index (χ2v) is 4.32. The molecule has 19 heavy (non-hydrogen) atoms. The average molecular weight is 246 g/mol. The molecule has 0 fully saturated rings. The molecule has 0 aliphatic carbocycles. The van der Waals surface area contributed by atoms with Crippen LogP contribution in [0.25, 0.3) is 11.6 Å². The molecular formula is C19H18. The van der Waals surface area contributed by atoms with E-state index >= 15 is 0 Å². The highest BCUT2D eigenvalue weighted by atomic mass is 14.0. The lowest BCUT2D eigenvalue weighted by atomic mass is 10.0. The molecule has 0 amide bonds. The van der Waals surface area contributed by atoms with Gasteiger partial charge in [-0.1, -0.05) is 85.0 Å². The quantitative estimate of drug-likeness (QED) is 0.492. The maximum Gasteiger partial charge on any atom is -0.00942 e. The third-order valence-corrected chi connectivity index (χ3v) is 2.89. The maximum atomic E-state index is 3.83. The molecule has 0 nitrogen and oxygen atoms in total. The van der Waals surface area contributed by atoms with Gasteiger partial charge in [0, 0.05) is 0 Å². The van der Waals surface area contributed by atoms with E-state index in [2.05, 4.69) is 61.2 Å². The minimum Gasteiger partial charge on any atom is -0.103 e. The molecule has 2 rings (SSSR count). The summed E-state index contributed by atoms with van der Waals surface area (Å²) in [6.45, 7) is 3.83. The van der Waals surface area contributed by atoms with E-state index in [1.807, 2.05) is 30.3 Å². The zero-order chi connectivity index (χ0) is 13.3. The smallest absolute Gasteiger partial charge is 0.00942 e. The predicted molar refractivity (Wildman–Crippen MR) is 84.7 cm³/mol. The van der Waals surface area contributed by atoms with Gasteiger partial charge in [0.05, 0.1) is 0 Å². The van der Waals surface area contributed by atoms with Gasteiger partial charge in [-0.15, -0.1) is 6.58 Å². The van der Waals surface area contributed by atoms with Crippen LogP contribution in [0.3, 0.4) is 0 Å². The van der Waals surface area contributed by atoms with Crippen LogP contribution in [0.1, 0.15) is 17.5 Å². The molecule has 0 atom stereocenters. The Morgan fingerprint density at radius 2 is 1.53 bits per heavy atom. The van der Waals surface area contributed by atoms with Gasteiger partial charge in [-0.2, -0.15) is 0 Å². The summed E-state index contributed by atoms with van der Waals surface area (Å²) < 4.78 is 0. The van der Waals surface area contributed by atoms with E-state index in [0.29, 0.717) is 0 Å². The molecule has 0 unspecified atom stereocenters. The van der Waals surface area contributed by atoms with Crippen molar-refractivity contribution in [3.8, 4) is 0 Å². The Labute approximate surface area is 115 Å². The Hall–Kier alpha value is -2.34. The molecule has 0 heterocycles. The molecule has 0 spiro atoms. The van der Waals surface area contributed by atoms with Crippen molar-refractivity contribution in [3.05, 3.63) is 96.6 Å². The molecule has 0 N–H and O–H groups in total. The predicted octanol–water partition coefficient (Wildman–Crippen LogP) is 5.36. The highest BCUT2D eigenvalue weighted by Gasteiger charge is 1.96. The van der Waals surface area contributed by atoms with Crippen molar-refractivity contribution in [2.24, 2.45) is 0 Å². The van der Waals surface area contributed by atoms with Crippen molar-refractivity contribution in [2.75, 3.05) is 0 Å². The number of allylic oxidation sites excluding steroid dienone is 4. The zero-order valence-corrected chi connectivity index (χ0v) is 11.0. The van der Waals surface area contributed by atoms with E-state index in [9.17, 15) is 0 Å². The molecule has 0 saturated carbocycles. The summed E-state index contributed by atoms with van der Waals surface area (Å²) in [5, 5.41) is 0. The van der Waals surface area contributed by atoms with E-state index in [4.69, 9.17) is 0 Å². The molecule has 2 aromatic rings. The van der Waals surface area contributed by atoms with Crippen LogP contribution < -0.4 is 0 Å². The van der Waals surface area contributed by atoms with Crippen LogP contribution in [0.2, 0.25) is 0 Å². The molecule has 2 aromatic carbocycles. The summed E-state index contributed by atoms with van der Waals surface area (Å²) in [6.07, 6.45) is 9.19. The minimum atomic E-state index is 0.878. The van der Waals surface area contributed by atoms with Gasteiger partial charge >= 0.3 is 0 Å². The van der Waals surface area contributed by atoms with Crippen molar-refractivity contribution < 1.29 is 0 Å². The standard InChI is InChI=1S/C19H18/c1-2-10-18(19-14-7-4-8-15-19)16-9-13-17-11-5-3-6-12-17/h2-9,11-16H,1,10H2. The monoisotopic (exact) mass is 246 g/mol. The topological polar surface area (TPSA) is 0 Å². The maximum absolute atomic E-state index is 3.83. The van der Waals surface area contributed by atoms with Crippen LogP contribution in [0.4, 0.5) is 0 Å². The Bertz CT molecular complexity index is 560. The molecule has 0 saturated heterocycles. The van der Waals surface area contributed by atoms with Gasteiger partial charge in [-0.25, -0.2) is 0 Å². The molecular weight excluding hydrogens is 228 g/mol. The van der Waals surface area contributed by atoms with Gasteiger partial charge in [0.2, 0.25) is 0 Å². The van der Waals surface area contributed by atoms with Gasteiger partial charge in [0.15, 0.2) is 0 Å². The van der Waals surface area contributed by atoms with Gasteiger partial charge in [0.1, 0.15) is 0 Å². The fourth-order valence-corrected chi connectivity index (χ4v) is 1.93. The van der Waals surface area contributed by atoms with E-state index in [1.165, 1.54) is 16.7 Å². The van der Waals surface area contributed by atoms with E-state index in [0.717, 1.165) is 6.42 Å². The summed E-state index contributed by atoms with van der Waals surface area (Å²) in [5.74, 6) is 0. The van der Waals surface area contributed by atoms with Crippen LogP contribution in [0, 0.1) is 0 Å². The molecule has 0 aliphatic rings. The van der Waals surface area contributed by atoms with Crippen molar-refractivity contribution in [1.82, 2.24) is 0 Å². The first-order chi connectivity index (χ1) is 9.40. The first-order valence-corrected chi connectivity index (χ1v) is 6.49. The van der Waals surface area contributed by atoms with Crippen molar-refractivity contribution in [2.45, 2.75) is 6.42 Å². The van der Waals surface area contributed by atoms with Crippen molar-refractivity contribution in [3.63, 3.8) is 0 Å². The van der Waals surface area contributed by atoms with Crippen LogP contribution in [0.15, 0.2) is 85.5 Å². The highest BCUT2D eigenvalue weighted by molar-refractivity contribution is 5.69. The molecule has 0 aromatic heterocycles. The van der Waals surface area contributed by atoms with Crippen molar-refractivity contribution >= 4 is 11.6 Å².